The fourth-order valence-corrected chi connectivity index (χ4v) is 1.47. The van der Waals surface area contributed by atoms with E-state index in [0.717, 1.165) is 4.47 Å². The summed E-state index contributed by atoms with van der Waals surface area (Å²) in [5.74, 6) is -0.652. The van der Waals surface area contributed by atoms with Crippen LogP contribution in [0.3, 0.4) is 0 Å². The zero-order valence-corrected chi connectivity index (χ0v) is 7.82. The lowest BCUT2D eigenvalue weighted by molar-refractivity contribution is -0.116. The first-order valence-corrected chi connectivity index (χ1v) is 4.24. The van der Waals surface area contributed by atoms with E-state index in [1.165, 1.54) is 0 Å². The lowest BCUT2D eigenvalue weighted by atomic mass is 10.0. The zero-order chi connectivity index (χ0) is 8.97. The number of benzene rings is 1. The fraction of sp³-hybridized carbons (Fsp3) is 0.111. The van der Waals surface area contributed by atoms with Crippen molar-refractivity contribution in [2.24, 2.45) is 0 Å². The van der Waals surface area contributed by atoms with Crippen LogP contribution in [0.5, 0.6) is 0 Å². The molecule has 1 aromatic rings. The van der Waals surface area contributed by atoms with Crippen molar-refractivity contribution in [3.63, 3.8) is 0 Å². The van der Waals surface area contributed by atoms with Crippen LogP contribution < -0.4 is 0 Å². The van der Waals surface area contributed by atoms with E-state index in [-0.39, 0.29) is 0 Å². The number of halogens is 1. The monoisotopic (exact) mass is 226 g/mol. The van der Waals surface area contributed by atoms with Gasteiger partial charge in [-0.1, -0.05) is 34.1 Å². The van der Waals surface area contributed by atoms with Gasteiger partial charge in [-0.05, 0) is 11.6 Å². The average Bonchev–Trinajstić information content (AvgIpc) is 2.10. The minimum Gasteiger partial charge on any atom is -0.302 e. The van der Waals surface area contributed by atoms with Crippen LogP contribution in [0.1, 0.15) is 11.5 Å². The molecule has 0 aliphatic carbocycles. The summed E-state index contributed by atoms with van der Waals surface area (Å²) in [7, 11) is 0. The molecule has 1 aromatic carbocycles. The molecule has 0 saturated carbocycles. The summed E-state index contributed by atoms with van der Waals surface area (Å²) >= 11 is 3.26. The van der Waals surface area contributed by atoms with E-state index in [2.05, 4.69) is 15.9 Å². The highest BCUT2D eigenvalue weighted by Crippen LogP contribution is 2.21. The van der Waals surface area contributed by atoms with E-state index in [1.807, 2.05) is 6.07 Å². The van der Waals surface area contributed by atoms with Crippen molar-refractivity contribution < 1.29 is 9.59 Å². The van der Waals surface area contributed by atoms with Crippen LogP contribution in [0.25, 0.3) is 0 Å². The van der Waals surface area contributed by atoms with Gasteiger partial charge >= 0.3 is 0 Å². The minimum absolute atomic E-state index is 0.632. The molecule has 3 heteroatoms. The van der Waals surface area contributed by atoms with E-state index in [1.54, 1.807) is 18.2 Å². The molecule has 0 unspecified atom stereocenters. The molecule has 0 saturated heterocycles. The molecule has 2 nitrogen and oxygen atoms in total. The highest BCUT2D eigenvalue weighted by Gasteiger charge is 2.10. The van der Waals surface area contributed by atoms with Gasteiger partial charge in [0.25, 0.3) is 0 Å². The topological polar surface area (TPSA) is 34.1 Å². The highest BCUT2D eigenvalue weighted by molar-refractivity contribution is 9.10. The van der Waals surface area contributed by atoms with E-state index in [0.29, 0.717) is 18.1 Å². The van der Waals surface area contributed by atoms with Crippen LogP contribution in [0.4, 0.5) is 0 Å². The number of carbonyl (C=O) groups is 2. The Balaban J connectivity index is 3.08. The summed E-state index contributed by atoms with van der Waals surface area (Å²) in [4.78, 5) is 20.9. The molecule has 0 atom stereocenters. The Morgan fingerprint density at radius 3 is 2.25 bits per heavy atom. The normalized spacial score (nSPS) is 9.83. The van der Waals surface area contributed by atoms with Crippen LogP contribution in [0.2, 0.25) is 0 Å². The van der Waals surface area contributed by atoms with Gasteiger partial charge in [0, 0.05) is 4.47 Å². The maximum Gasteiger partial charge on any atom is 0.134 e. The quantitative estimate of drug-likeness (QED) is 0.584. The molecular formula is C9H7BrO2. The van der Waals surface area contributed by atoms with Crippen LogP contribution >= 0.6 is 15.9 Å². The van der Waals surface area contributed by atoms with Crippen molar-refractivity contribution >= 4 is 28.5 Å². The van der Waals surface area contributed by atoms with Crippen LogP contribution in [-0.4, -0.2) is 12.6 Å². The number of carbonyl (C=O) groups excluding carboxylic acids is 2. The molecule has 0 aromatic heterocycles. The summed E-state index contributed by atoms with van der Waals surface area (Å²) in [6.45, 7) is 0. The molecule has 0 heterocycles. The van der Waals surface area contributed by atoms with E-state index >= 15 is 0 Å². The first kappa shape index (κ1) is 9.13. The van der Waals surface area contributed by atoms with Crippen molar-refractivity contribution in [1.82, 2.24) is 0 Å². The van der Waals surface area contributed by atoms with Gasteiger partial charge in [-0.2, -0.15) is 0 Å². The minimum atomic E-state index is -0.652. The lowest BCUT2D eigenvalue weighted by Crippen LogP contribution is -2.01. The Hall–Kier alpha value is -0.960. The summed E-state index contributed by atoms with van der Waals surface area (Å²) in [6, 6.07) is 7.17. The molecule has 62 valence electrons. The Labute approximate surface area is 78.7 Å². The van der Waals surface area contributed by atoms with Gasteiger partial charge in [-0.25, -0.2) is 0 Å². The Bertz CT molecular complexity index is 288. The predicted octanol–water partition coefficient (Wildman–Crippen LogP) is 1.93. The van der Waals surface area contributed by atoms with E-state index in [4.69, 9.17) is 0 Å². The van der Waals surface area contributed by atoms with E-state index < -0.39 is 5.92 Å². The molecule has 0 N–H and O–H groups in total. The maximum absolute atomic E-state index is 10.4. The van der Waals surface area contributed by atoms with Gasteiger partial charge < -0.3 is 9.59 Å². The predicted molar refractivity (Wildman–Crippen MR) is 49.0 cm³/mol. The standard InChI is InChI=1S/C9H7BrO2/c10-9-4-2-1-3-8(9)7(5-11)6-12/h1-7H. The molecule has 0 aliphatic heterocycles. The van der Waals surface area contributed by atoms with Gasteiger partial charge in [-0.3, -0.25) is 0 Å². The Morgan fingerprint density at radius 2 is 1.75 bits per heavy atom. The summed E-state index contributed by atoms with van der Waals surface area (Å²) < 4.78 is 0.786. The van der Waals surface area contributed by atoms with Crippen molar-refractivity contribution in [3.8, 4) is 0 Å². The third-order valence-electron chi connectivity index (χ3n) is 1.56. The molecule has 0 radical (unpaired) electrons. The summed E-state index contributed by atoms with van der Waals surface area (Å²) in [5.41, 5.74) is 0.711. The first-order chi connectivity index (χ1) is 5.79. The largest absolute Gasteiger partial charge is 0.302 e. The van der Waals surface area contributed by atoms with Gasteiger partial charge in [0.2, 0.25) is 0 Å². The molecule has 0 fully saturated rings. The van der Waals surface area contributed by atoms with Crippen molar-refractivity contribution in [2.75, 3.05) is 0 Å². The summed E-state index contributed by atoms with van der Waals surface area (Å²) in [5, 5.41) is 0. The molecule has 12 heavy (non-hydrogen) atoms. The van der Waals surface area contributed by atoms with Crippen LogP contribution in [-0.2, 0) is 9.59 Å². The second-order valence-corrected chi connectivity index (χ2v) is 3.17. The second-order valence-electron chi connectivity index (χ2n) is 2.32. The Morgan fingerprint density at radius 1 is 1.17 bits per heavy atom. The molecule has 0 spiro atoms. The smallest absolute Gasteiger partial charge is 0.134 e. The zero-order valence-electron chi connectivity index (χ0n) is 6.24. The number of rotatable bonds is 3. The van der Waals surface area contributed by atoms with Crippen molar-refractivity contribution in [3.05, 3.63) is 34.3 Å². The fourth-order valence-electron chi connectivity index (χ4n) is 0.924. The van der Waals surface area contributed by atoms with Gasteiger partial charge in [0.15, 0.2) is 0 Å². The molecule has 0 amide bonds. The average molecular weight is 227 g/mol. The number of hydrogen-bond acceptors (Lipinski definition) is 2. The SMILES string of the molecule is O=CC(C=O)c1ccccc1Br. The van der Waals surface area contributed by atoms with Gasteiger partial charge in [-0.15, -0.1) is 0 Å². The summed E-state index contributed by atoms with van der Waals surface area (Å²) in [6.07, 6.45) is 1.26. The number of aldehydes is 2. The molecular weight excluding hydrogens is 220 g/mol. The second kappa shape index (κ2) is 4.16. The number of hydrogen-bond donors (Lipinski definition) is 0. The van der Waals surface area contributed by atoms with Gasteiger partial charge in [0.1, 0.15) is 12.6 Å². The van der Waals surface area contributed by atoms with Crippen LogP contribution in [0, 0.1) is 0 Å². The van der Waals surface area contributed by atoms with Gasteiger partial charge in [0.05, 0.1) is 5.92 Å². The lowest BCUT2D eigenvalue weighted by Gasteiger charge is -2.04. The Kier molecular flexibility index (Phi) is 3.17. The molecule has 0 aliphatic rings. The maximum atomic E-state index is 10.4. The van der Waals surface area contributed by atoms with Crippen molar-refractivity contribution in [2.45, 2.75) is 5.92 Å². The molecule has 0 bridgehead atoms. The van der Waals surface area contributed by atoms with E-state index in [9.17, 15) is 9.59 Å². The third kappa shape index (κ3) is 1.80. The van der Waals surface area contributed by atoms with Crippen LogP contribution in [0.15, 0.2) is 28.7 Å². The van der Waals surface area contributed by atoms with Crippen molar-refractivity contribution in [1.29, 1.82) is 0 Å². The highest BCUT2D eigenvalue weighted by atomic mass is 79.9. The molecule has 1 rings (SSSR count). The first-order valence-electron chi connectivity index (χ1n) is 3.44. The third-order valence-corrected chi connectivity index (χ3v) is 2.28.